The third-order valence-electron chi connectivity index (χ3n) is 3.08. The normalized spacial score (nSPS) is 10.2. The van der Waals surface area contributed by atoms with Crippen LogP contribution in [0.3, 0.4) is 0 Å². The fourth-order valence-electron chi connectivity index (χ4n) is 1.97. The number of benzene rings is 2. The van der Waals surface area contributed by atoms with E-state index >= 15 is 0 Å². The lowest BCUT2D eigenvalue weighted by atomic mass is 10.1. The van der Waals surface area contributed by atoms with Crippen LogP contribution in [0.2, 0.25) is 0 Å². The lowest BCUT2D eigenvalue weighted by molar-refractivity contribution is 0.399. The maximum atomic E-state index is 13.8. The van der Waals surface area contributed by atoms with Crippen LogP contribution in [-0.4, -0.2) is 14.2 Å². The Morgan fingerprint density at radius 1 is 1.05 bits per heavy atom. The van der Waals surface area contributed by atoms with Crippen molar-refractivity contribution >= 4 is 5.69 Å². The fourth-order valence-corrected chi connectivity index (χ4v) is 1.97. The molecule has 0 radical (unpaired) electrons. The highest BCUT2D eigenvalue weighted by Crippen LogP contribution is 2.25. The summed E-state index contributed by atoms with van der Waals surface area (Å²) in [6, 6.07) is 10.6. The van der Waals surface area contributed by atoms with Gasteiger partial charge in [0.15, 0.2) is 0 Å². The zero-order valence-corrected chi connectivity index (χ0v) is 11.9. The van der Waals surface area contributed by atoms with Crippen LogP contribution in [-0.2, 0) is 6.54 Å². The van der Waals surface area contributed by atoms with Crippen LogP contribution in [0, 0.1) is 12.7 Å². The van der Waals surface area contributed by atoms with Gasteiger partial charge in [-0.05, 0) is 42.8 Å². The Hall–Kier alpha value is -2.23. The summed E-state index contributed by atoms with van der Waals surface area (Å²) in [6.07, 6.45) is 0. The van der Waals surface area contributed by atoms with E-state index in [2.05, 4.69) is 5.32 Å². The third kappa shape index (κ3) is 3.20. The minimum absolute atomic E-state index is 0.258. The Morgan fingerprint density at radius 2 is 1.85 bits per heavy atom. The second-order valence-electron chi connectivity index (χ2n) is 4.51. The third-order valence-corrected chi connectivity index (χ3v) is 3.08. The molecule has 3 nitrogen and oxygen atoms in total. The lowest BCUT2D eigenvalue weighted by Gasteiger charge is -2.13. The SMILES string of the molecule is COc1ccc(OC)c(CNc2ccc(C)cc2F)c1. The molecule has 0 saturated carbocycles. The molecule has 0 saturated heterocycles. The van der Waals surface area contributed by atoms with E-state index in [-0.39, 0.29) is 5.82 Å². The van der Waals surface area contributed by atoms with E-state index in [9.17, 15) is 4.39 Å². The van der Waals surface area contributed by atoms with Crippen molar-refractivity contribution in [3.05, 3.63) is 53.3 Å². The molecular weight excluding hydrogens is 257 g/mol. The Balaban J connectivity index is 2.17. The average molecular weight is 275 g/mol. The highest BCUT2D eigenvalue weighted by molar-refractivity contribution is 5.48. The van der Waals surface area contributed by atoms with Gasteiger partial charge in [-0.15, -0.1) is 0 Å². The first-order valence-electron chi connectivity index (χ1n) is 6.35. The molecule has 0 bridgehead atoms. The van der Waals surface area contributed by atoms with Gasteiger partial charge in [0.25, 0.3) is 0 Å². The Labute approximate surface area is 118 Å². The number of halogens is 1. The van der Waals surface area contributed by atoms with Crippen molar-refractivity contribution in [3.63, 3.8) is 0 Å². The van der Waals surface area contributed by atoms with Gasteiger partial charge in [0, 0.05) is 12.1 Å². The monoisotopic (exact) mass is 275 g/mol. The van der Waals surface area contributed by atoms with Gasteiger partial charge in [-0.25, -0.2) is 4.39 Å². The van der Waals surface area contributed by atoms with Crippen LogP contribution in [0.5, 0.6) is 11.5 Å². The van der Waals surface area contributed by atoms with Crippen LogP contribution in [0.1, 0.15) is 11.1 Å². The quantitative estimate of drug-likeness (QED) is 0.901. The zero-order chi connectivity index (χ0) is 14.5. The van der Waals surface area contributed by atoms with E-state index in [0.717, 1.165) is 22.6 Å². The van der Waals surface area contributed by atoms with Gasteiger partial charge >= 0.3 is 0 Å². The molecule has 0 aliphatic heterocycles. The van der Waals surface area contributed by atoms with Gasteiger partial charge < -0.3 is 14.8 Å². The number of hydrogen-bond donors (Lipinski definition) is 1. The summed E-state index contributed by atoms with van der Waals surface area (Å²) in [5, 5.41) is 3.07. The number of nitrogens with one attached hydrogen (secondary N) is 1. The molecule has 2 rings (SSSR count). The van der Waals surface area contributed by atoms with Crippen molar-refractivity contribution in [3.8, 4) is 11.5 Å². The highest BCUT2D eigenvalue weighted by atomic mass is 19.1. The minimum atomic E-state index is -0.258. The van der Waals surface area contributed by atoms with Crippen LogP contribution in [0.4, 0.5) is 10.1 Å². The van der Waals surface area contributed by atoms with Gasteiger partial charge in [0.05, 0.1) is 19.9 Å². The second kappa shape index (κ2) is 6.28. The maximum absolute atomic E-state index is 13.8. The number of ether oxygens (including phenoxy) is 2. The number of hydrogen-bond acceptors (Lipinski definition) is 3. The largest absolute Gasteiger partial charge is 0.497 e. The van der Waals surface area contributed by atoms with E-state index in [4.69, 9.17) is 9.47 Å². The highest BCUT2D eigenvalue weighted by Gasteiger charge is 2.07. The van der Waals surface area contributed by atoms with E-state index < -0.39 is 0 Å². The number of aryl methyl sites for hydroxylation is 1. The smallest absolute Gasteiger partial charge is 0.146 e. The maximum Gasteiger partial charge on any atom is 0.146 e. The van der Waals surface area contributed by atoms with E-state index in [1.54, 1.807) is 20.3 Å². The van der Waals surface area contributed by atoms with E-state index in [1.165, 1.54) is 6.07 Å². The molecule has 0 aliphatic carbocycles. The molecule has 2 aromatic rings. The summed E-state index contributed by atoms with van der Waals surface area (Å²) in [6.45, 7) is 2.32. The molecular formula is C16H18FNO2. The predicted molar refractivity (Wildman–Crippen MR) is 78.0 cm³/mol. The molecule has 106 valence electrons. The predicted octanol–water partition coefficient (Wildman–Crippen LogP) is 3.76. The topological polar surface area (TPSA) is 30.5 Å². The van der Waals surface area contributed by atoms with Crippen LogP contribution >= 0.6 is 0 Å². The standard InChI is InChI=1S/C16H18FNO2/c1-11-4-6-15(14(17)8-11)18-10-12-9-13(19-2)5-7-16(12)20-3/h4-9,18H,10H2,1-3H3. The average Bonchev–Trinajstić information content (AvgIpc) is 2.46. The second-order valence-corrected chi connectivity index (χ2v) is 4.51. The van der Waals surface area contributed by atoms with Gasteiger partial charge in [-0.1, -0.05) is 6.07 Å². The Morgan fingerprint density at radius 3 is 2.50 bits per heavy atom. The van der Waals surface area contributed by atoms with Crippen molar-refractivity contribution in [2.45, 2.75) is 13.5 Å². The van der Waals surface area contributed by atoms with Crippen LogP contribution in [0.25, 0.3) is 0 Å². The summed E-state index contributed by atoms with van der Waals surface area (Å²) in [7, 11) is 3.22. The first-order valence-corrected chi connectivity index (χ1v) is 6.35. The summed E-state index contributed by atoms with van der Waals surface area (Å²) in [5.74, 6) is 1.23. The van der Waals surface area contributed by atoms with Gasteiger partial charge in [0.1, 0.15) is 17.3 Å². The van der Waals surface area contributed by atoms with Gasteiger partial charge in [-0.2, -0.15) is 0 Å². The lowest BCUT2D eigenvalue weighted by Crippen LogP contribution is -2.04. The first-order chi connectivity index (χ1) is 9.63. The minimum Gasteiger partial charge on any atom is -0.497 e. The molecule has 0 unspecified atom stereocenters. The Bertz CT molecular complexity index is 599. The van der Waals surface area contributed by atoms with Gasteiger partial charge in [0.2, 0.25) is 0 Å². The van der Waals surface area contributed by atoms with E-state index in [0.29, 0.717) is 12.2 Å². The van der Waals surface area contributed by atoms with Crippen molar-refractivity contribution in [2.24, 2.45) is 0 Å². The first kappa shape index (κ1) is 14.2. The molecule has 2 aromatic carbocycles. The van der Waals surface area contributed by atoms with Crippen molar-refractivity contribution < 1.29 is 13.9 Å². The fraction of sp³-hybridized carbons (Fsp3) is 0.250. The summed E-state index contributed by atoms with van der Waals surface area (Å²) in [4.78, 5) is 0. The molecule has 0 amide bonds. The van der Waals surface area contributed by atoms with Crippen molar-refractivity contribution in [1.29, 1.82) is 0 Å². The number of anilines is 1. The van der Waals surface area contributed by atoms with E-state index in [1.807, 2.05) is 31.2 Å². The van der Waals surface area contributed by atoms with Crippen molar-refractivity contribution in [1.82, 2.24) is 0 Å². The van der Waals surface area contributed by atoms with Crippen LogP contribution in [0.15, 0.2) is 36.4 Å². The zero-order valence-electron chi connectivity index (χ0n) is 11.9. The molecule has 20 heavy (non-hydrogen) atoms. The van der Waals surface area contributed by atoms with Crippen molar-refractivity contribution in [2.75, 3.05) is 19.5 Å². The number of rotatable bonds is 5. The summed E-state index contributed by atoms with van der Waals surface area (Å²) >= 11 is 0. The van der Waals surface area contributed by atoms with Gasteiger partial charge in [-0.3, -0.25) is 0 Å². The molecule has 0 atom stereocenters. The molecule has 4 heteroatoms. The number of methoxy groups -OCH3 is 2. The molecule has 0 aliphatic rings. The van der Waals surface area contributed by atoms with Crippen LogP contribution < -0.4 is 14.8 Å². The molecule has 0 aromatic heterocycles. The molecule has 1 N–H and O–H groups in total. The molecule has 0 spiro atoms. The molecule has 0 heterocycles. The summed E-state index contributed by atoms with van der Waals surface area (Å²) in [5.41, 5.74) is 2.28. The summed E-state index contributed by atoms with van der Waals surface area (Å²) < 4.78 is 24.2. The Kier molecular flexibility index (Phi) is 4.45. The molecule has 0 fully saturated rings.